The molecule has 0 aliphatic carbocycles. The van der Waals surface area contributed by atoms with Crippen LogP contribution in [0.25, 0.3) is 0 Å². The highest BCUT2D eigenvalue weighted by molar-refractivity contribution is 14.1. The van der Waals surface area contributed by atoms with Gasteiger partial charge in [-0.2, -0.15) is 5.10 Å². The first-order valence-electron chi connectivity index (χ1n) is 2.11. The van der Waals surface area contributed by atoms with Crippen molar-refractivity contribution >= 4 is 48.9 Å². The van der Waals surface area contributed by atoms with Crippen molar-refractivity contribution < 1.29 is 0 Å². The Morgan fingerprint density at radius 2 is 2.11 bits per heavy atom. The lowest BCUT2D eigenvalue weighted by Crippen LogP contribution is -2.20. The quantitative estimate of drug-likeness (QED) is 0.355. The molecule has 0 saturated heterocycles. The first-order chi connectivity index (χ1) is 4.04. The molecule has 5 heteroatoms. The number of nitrogens with two attached hydrogens (primary N) is 1. The molecule has 0 aromatic carbocycles. The molecule has 0 amide bonds. The summed E-state index contributed by atoms with van der Waals surface area (Å²) >= 11 is 4.15. The Morgan fingerprint density at radius 1 is 1.67 bits per heavy atom. The fraction of sp³-hybridized carbons (Fsp3) is 0.250. The van der Waals surface area contributed by atoms with Crippen molar-refractivity contribution in [3.05, 3.63) is 10.2 Å². The van der Waals surface area contributed by atoms with Crippen molar-refractivity contribution in [2.24, 2.45) is 10.9 Å². The van der Waals surface area contributed by atoms with Gasteiger partial charge in [0.25, 0.3) is 0 Å². The van der Waals surface area contributed by atoms with Crippen LogP contribution in [0.3, 0.4) is 0 Å². The van der Waals surface area contributed by atoms with E-state index in [0.29, 0.717) is 0 Å². The van der Waals surface area contributed by atoms with Crippen LogP contribution < -0.4 is 5.84 Å². The number of hydrazone groups is 1. The van der Waals surface area contributed by atoms with E-state index in [1.54, 1.807) is 7.05 Å². The van der Waals surface area contributed by atoms with Gasteiger partial charge in [-0.1, -0.05) is 6.58 Å². The molecule has 0 heterocycles. The van der Waals surface area contributed by atoms with Gasteiger partial charge in [-0.05, 0) is 45.2 Å². The molecule has 0 radical (unpaired) electrons. The van der Waals surface area contributed by atoms with Gasteiger partial charge in [0.1, 0.15) is 3.72 Å². The van der Waals surface area contributed by atoms with E-state index in [2.05, 4.69) is 56.9 Å². The summed E-state index contributed by atoms with van der Waals surface area (Å²) in [4.78, 5) is 0. The monoisotopic (exact) mass is 351 g/mol. The highest BCUT2D eigenvalue weighted by atomic mass is 127. The minimum Gasteiger partial charge on any atom is -0.235 e. The first-order valence-corrected chi connectivity index (χ1v) is 4.27. The summed E-state index contributed by atoms with van der Waals surface area (Å²) in [6, 6.07) is 0. The zero-order valence-electron chi connectivity index (χ0n) is 4.93. The molecule has 0 aliphatic heterocycles. The van der Waals surface area contributed by atoms with Crippen LogP contribution in [0.1, 0.15) is 0 Å². The number of hydrazine groups is 1. The molecule has 0 aliphatic rings. The third-order valence-corrected chi connectivity index (χ3v) is 2.88. The smallest absolute Gasteiger partial charge is 0.135 e. The van der Waals surface area contributed by atoms with Gasteiger partial charge >= 0.3 is 0 Å². The second-order valence-electron chi connectivity index (χ2n) is 1.37. The fourth-order valence-corrected chi connectivity index (χ4v) is 0.641. The average Bonchev–Trinajstić information content (AvgIpc) is 1.63. The van der Waals surface area contributed by atoms with E-state index in [0.717, 1.165) is 7.30 Å². The highest BCUT2D eigenvalue weighted by Gasteiger charge is 1.94. The van der Waals surface area contributed by atoms with Crippen molar-refractivity contribution in [3.63, 3.8) is 0 Å². The summed E-state index contributed by atoms with van der Waals surface area (Å²) < 4.78 is 1.71. The number of halogens is 2. The van der Waals surface area contributed by atoms with Gasteiger partial charge in [-0.15, -0.1) is 0 Å². The van der Waals surface area contributed by atoms with Crippen LogP contribution in [0.2, 0.25) is 0 Å². The lowest BCUT2D eigenvalue weighted by Gasteiger charge is -2.03. The number of hydrogen-bond acceptors (Lipinski definition) is 3. The Morgan fingerprint density at radius 3 is 2.22 bits per heavy atom. The molecule has 0 fully saturated rings. The number of rotatable bonds is 2. The Kier molecular flexibility index (Phi) is 4.76. The van der Waals surface area contributed by atoms with E-state index in [9.17, 15) is 0 Å². The lowest BCUT2D eigenvalue weighted by atomic mass is 10.7. The molecule has 0 spiro atoms. The molecule has 0 rings (SSSR count). The molecule has 0 bridgehead atoms. The zero-order chi connectivity index (χ0) is 7.44. The summed E-state index contributed by atoms with van der Waals surface area (Å²) in [7, 11) is 1.66. The normalized spacial score (nSPS) is 11.3. The van der Waals surface area contributed by atoms with Gasteiger partial charge in [-0.3, -0.25) is 0 Å². The summed E-state index contributed by atoms with van der Waals surface area (Å²) in [5, 5.41) is 5.14. The molecule has 2 N–H and O–H groups in total. The predicted molar refractivity (Wildman–Crippen MR) is 56.6 cm³/mol. The van der Waals surface area contributed by atoms with Crippen LogP contribution >= 0.6 is 45.2 Å². The Labute approximate surface area is 81.6 Å². The van der Waals surface area contributed by atoms with Crippen LogP contribution in [-0.4, -0.2) is 15.9 Å². The predicted octanol–water partition coefficient (Wildman–Crippen LogP) is 1.49. The van der Waals surface area contributed by atoms with Crippen LogP contribution in [0.4, 0.5) is 0 Å². The third kappa shape index (κ3) is 5.09. The minimum atomic E-state index is 0.818. The van der Waals surface area contributed by atoms with Crippen molar-refractivity contribution in [3.8, 4) is 0 Å². The van der Waals surface area contributed by atoms with Crippen molar-refractivity contribution in [1.82, 2.24) is 5.12 Å². The van der Waals surface area contributed by atoms with E-state index in [1.807, 2.05) is 0 Å². The van der Waals surface area contributed by atoms with Gasteiger partial charge in [0.2, 0.25) is 0 Å². The first kappa shape index (κ1) is 9.63. The topological polar surface area (TPSA) is 41.6 Å². The standard InChI is InChI=1S/C4H7I2N3/c1-3(5)4(6)8-9(2)7/h1,7H2,2H3/b8-4+. The van der Waals surface area contributed by atoms with Gasteiger partial charge in [0, 0.05) is 10.6 Å². The number of hydrogen-bond donors (Lipinski definition) is 1. The Hall–Kier alpha value is 0.630. The van der Waals surface area contributed by atoms with Crippen LogP contribution in [0.15, 0.2) is 15.3 Å². The number of nitrogens with zero attached hydrogens (tertiary/aromatic N) is 2. The molecule has 0 atom stereocenters. The Bertz CT molecular complexity index is 141. The third-order valence-electron chi connectivity index (χ3n) is 0.469. The average molecular weight is 351 g/mol. The van der Waals surface area contributed by atoms with E-state index >= 15 is 0 Å². The van der Waals surface area contributed by atoms with Gasteiger partial charge in [0.15, 0.2) is 0 Å². The Balaban J connectivity index is 4.00. The molecule has 3 nitrogen and oxygen atoms in total. The maximum absolute atomic E-state index is 5.23. The van der Waals surface area contributed by atoms with Crippen molar-refractivity contribution in [2.75, 3.05) is 7.05 Å². The SMILES string of the molecule is C=C(I)/C(I)=N\N(C)N. The van der Waals surface area contributed by atoms with Crippen LogP contribution in [0, 0.1) is 0 Å². The molecule has 0 aromatic heterocycles. The summed E-state index contributed by atoms with van der Waals surface area (Å²) in [6.07, 6.45) is 0. The fourth-order valence-electron chi connectivity index (χ4n) is 0.193. The van der Waals surface area contributed by atoms with Gasteiger partial charge in [0.05, 0.1) is 0 Å². The van der Waals surface area contributed by atoms with Crippen LogP contribution in [-0.2, 0) is 0 Å². The number of allylic oxidation sites excluding steroid dienone is 1. The lowest BCUT2D eigenvalue weighted by molar-refractivity contribution is 0.374. The van der Waals surface area contributed by atoms with E-state index in [1.165, 1.54) is 5.12 Å². The van der Waals surface area contributed by atoms with Gasteiger partial charge < -0.3 is 0 Å². The maximum atomic E-state index is 5.23. The largest absolute Gasteiger partial charge is 0.235 e. The van der Waals surface area contributed by atoms with E-state index in [4.69, 9.17) is 5.84 Å². The molecular formula is C4H7I2N3. The second-order valence-corrected chi connectivity index (χ2v) is 3.69. The molecule has 0 saturated carbocycles. The molecule has 52 valence electrons. The summed E-state index contributed by atoms with van der Waals surface area (Å²) in [6.45, 7) is 3.67. The van der Waals surface area contributed by atoms with Crippen molar-refractivity contribution in [1.29, 1.82) is 0 Å². The molecule has 0 unspecified atom stereocenters. The zero-order valence-corrected chi connectivity index (χ0v) is 9.25. The molecule has 9 heavy (non-hydrogen) atoms. The van der Waals surface area contributed by atoms with Crippen molar-refractivity contribution in [2.45, 2.75) is 0 Å². The van der Waals surface area contributed by atoms with E-state index < -0.39 is 0 Å². The van der Waals surface area contributed by atoms with Gasteiger partial charge in [-0.25, -0.2) is 11.0 Å². The van der Waals surface area contributed by atoms with E-state index in [-0.39, 0.29) is 0 Å². The minimum absolute atomic E-state index is 0.818. The van der Waals surface area contributed by atoms with Crippen LogP contribution in [0.5, 0.6) is 0 Å². The molecule has 0 aromatic rings. The summed E-state index contributed by atoms with van der Waals surface area (Å²) in [5.41, 5.74) is 0. The summed E-state index contributed by atoms with van der Waals surface area (Å²) in [5.74, 6) is 5.23. The highest BCUT2D eigenvalue weighted by Crippen LogP contribution is 2.10. The molecular weight excluding hydrogens is 344 g/mol. The second kappa shape index (κ2) is 4.45. The maximum Gasteiger partial charge on any atom is 0.135 e.